The van der Waals surface area contributed by atoms with E-state index in [9.17, 15) is 9.59 Å². The van der Waals surface area contributed by atoms with Crippen LogP contribution in [0.5, 0.6) is 23.0 Å². The molecule has 0 bridgehead atoms. The normalized spacial score (nSPS) is 11.1. The number of nitrogens with zero attached hydrogens (tertiary/aromatic N) is 2. The van der Waals surface area contributed by atoms with Crippen molar-refractivity contribution < 1.29 is 28.5 Å². The summed E-state index contributed by atoms with van der Waals surface area (Å²) < 4.78 is 22.4. The Labute approximate surface area is 293 Å². The molecule has 0 aliphatic carbocycles. The lowest BCUT2D eigenvalue weighted by atomic mass is 10.1. The Kier molecular flexibility index (Phi) is 13.1. The molecule has 5 aromatic carbocycles. The SMILES string of the molecule is CCCCOc1ccc(N=Cc2ccc(OC(=O)c3ccc(C(=O)Oc4ccc(C=Nc5ccc(OCCCC)cc5)cc4)cc3)cc2)cc1. The van der Waals surface area contributed by atoms with Crippen molar-refractivity contribution in [1.29, 1.82) is 0 Å². The van der Waals surface area contributed by atoms with Crippen LogP contribution in [-0.4, -0.2) is 37.6 Å². The number of rotatable bonds is 16. The van der Waals surface area contributed by atoms with Gasteiger partial charge >= 0.3 is 11.9 Å². The predicted octanol–water partition coefficient (Wildman–Crippen LogP) is 9.98. The predicted molar refractivity (Wildman–Crippen MR) is 197 cm³/mol. The number of benzene rings is 5. The topological polar surface area (TPSA) is 95.8 Å². The number of unbranched alkanes of at least 4 members (excludes halogenated alkanes) is 2. The lowest BCUT2D eigenvalue weighted by Crippen LogP contribution is -2.11. The summed E-state index contributed by atoms with van der Waals surface area (Å²) in [7, 11) is 0. The fourth-order valence-electron chi connectivity index (χ4n) is 4.54. The van der Waals surface area contributed by atoms with E-state index in [4.69, 9.17) is 18.9 Å². The van der Waals surface area contributed by atoms with Gasteiger partial charge in [-0.3, -0.25) is 9.98 Å². The molecule has 254 valence electrons. The summed E-state index contributed by atoms with van der Waals surface area (Å²) >= 11 is 0. The summed E-state index contributed by atoms with van der Waals surface area (Å²) in [6.45, 7) is 5.67. The molecule has 0 unspecified atom stereocenters. The standard InChI is InChI=1S/C42H40N2O6/c1-3-5-27-47-37-23-15-35(16-24-37)43-29-31-7-19-39(20-8-31)49-41(45)33-11-13-34(14-12-33)42(46)50-40-21-9-32(10-22-40)30-44-36-17-25-38(26-18-36)48-28-6-4-2/h7-26,29-30H,3-6,27-28H2,1-2H3. The van der Waals surface area contributed by atoms with Gasteiger partial charge in [0.05, 0.1) is 35.7 Å². The minimum atomic E-state index is -0.541. The van der Waals surface area contributed by atoms with Gasteiger partial charge in [0.2, 0.25) is 0 Å². The highest BCUT2D eigenvalue weighted by Gasteiger charge is 2.13. The maximum Gasteiger partial charge on any atom is 0.343 e. The van der Waals surface area contributed by atoms with Crippen LogP contribution >= 0.6 is 0 Å². The zero-order valence-corrected chi connectivity index (χ0v) is 28.3. The number of ether oxygens (including phenoxy) is 4. The van der Waals surface area contributed by atoms with Gasteiger partial charge in [-0.05, 0) is 145 Å². The van der Waals surface area contributed by atoms with Gasteiger partial charge in [-0.1, -0.05) is 26.7 Å². The highest BCUT2D eigenvalue weighted by atomic mass is 16.5. The summed E-state index contributed by atoms with van der Waals surface area (Å²) in [5, 5.41) is 0. The molecule has 0 fully saturated rings. The van der Waals surface area contributed by atoms with Gasteiger partial charge in [-0.15, -0.1) is 0 Å². The maximum atomic E-state index is 12.7. The van der Waals surface area contributed by atoms with Crippen LogP contribution in [0.3, 0.4) is 0 Å². The fraction of sp³-hybridized carbons (Fsp3) is 0.190. The summed E-state index contributed by atoms with van der Waals surface area (Å²) in [5.41, 5.74) is 3.93. The van der Waals surface area contributed by atoms with Crippen LogP contribution in [0.25, 0.3) is 0 Å². The zero-order valence-electron chi connectivity index (χ0n) is 28.3. The molecule has 0 spiro atoms. The zero-order chi connectivity index (χ0) is 35.0. The monoisotopic (exact) mass is 668 g/mol. The molecule has 5 aromatic rings. The Morgan fingerprint density at radius 3 is 1.16 bits per heavy atom. The van der Waals surface area contributed by atoms with Gasteiger partial charge in [0.25, 0.3) is 0 Å². The van der Waals surface area contributed by atoms with Crippen LogP contribution < -0.4 is 18.9 Å². The minimum Gasteiger partial charge on any atom is -0.494 e. The lowest BCUT2D eigenvalue weighted by Gasteiger charge is -2.07. The second-order valence-electron chi connectivity index (χ2n) is 11.4. The third kappa shape index (κ3) is 11.0. The van der Waals surface area contributed by atoms with E-state index in [0.717, 1.165) is 59.7 Å². The Balaban J connectivity index is 1.07. The first-order valence-electron chi connectivity index (χ1n) is 16.8. The first kappa shape index (κ1) is 35.3. The van der Waals surface area contributed by atoms with Crippen molar-refractivity contribution in [2.24, 2.45) is 9.98 Å². The molecular formula is C42H40N2O6. The molecule has 0 N–H and O–H groups in total. The molecule has 0 aliphatic heterocycles. The highest BCUT2D eigenvalue weighted by molar-refractivity contribution is 5.95. The van der Waals surface area contributed by atoms with Crippen molar-refractivity contribution in [3.63, 3.8) is 0 Å². The van der Waals surface area contributed by atoms with E-state index in [1.54, 1.807) is 36.7 Å². The van der Waals surface area contributed by atoms with Gasteiger partial charge < -0.3 is 18.9 Å². The van der Waals surface area contributed by atoms with Crippen molar-refractivity contribution in [2.75, 3.05) is 13.2 Å². The first-order chi connectivity index (χ1) is 24.5. The summed E-state index contributed by atoms with van der Waals surface area (Å²) in [4.78, 5) is 34.5. The molecule has 0 atom stereocenters. The number of hydrogen-bond acceptors (Lipinski definition) is 8. The maximum absolute atomic E-state index is 12.7. The van der Waals surface area contributed by atoms with E-state index in [0.29, 0.717) is 35.8 Å². The van der Waals surface area contributed by atoms with E-state index in [-0.39, 0.29) is 0 Å². The number of aliphatic imine (C=N–C) groups is 2. The van der Waals surface area contributed by atoms with Gasteiger partial charge in [0, 0.05) is 12.4 Å². The average Bonchev–Trinajstić information content (AvgIpc) is 3.15. The second kappa shape index (κ2) is 18.5. The molecule has 8 nitrogen and oxygen atoms in total. The average molecular weight is 669 g/mol. The number of carbonyl (C=O) groups excluding carboxylic acids is 2. The van der Waals surface area contributed by atoms with Crippen molar-refractivity contribution in [1.82, 2.24) is 0 Å². The van der Waals surface area contributed by atoms with Crippen molar-refractivity contribution in [3.05, 3.63) is 144 Å². The van der Waals surface area contributed by atoms with Crippen molar-refractivity contribution in [2.45, 2.75) is 39.5 Å². The number of hydrogen-bond donors (Lipinski definition) is 0. The molecule has 0 saturated heterocycles. The first-order valence-corrected chi connectivity index (χ1v) is 16.8. The van der Waals surface area contributed by atoms with Gasteiger partial charge in [0.15, 0.2) is 0 Å². The van der Waals surface area contributed by atoms with Gasteiger partial charge in [-0.2, -0.15) is 0 Å². The van der Waals surface area contributed by atoms with E-state index in [1.807, 2.05) is 72.8 Å². The molecule has 0 radical (unpaired) electrons. The van der Waals surface area contributed by atoms with Crippen LogP contribution in [0, 0.1) is 0 Å². The summed E-state index contributed by atoms with van der Waals surface area (Å²) in [6.07, 6.45) is 7.71. The molecule has 50 heavy (non-hydrogen) atoms. The summed E-state index contributed by atoms with van der Waals surface area (Å²) in [6, 6.07) is 35.4. The second-order valence-corrected chi connectivity index (χ2v) is 11.4. The fourth-order valence-corrected chi connectivity index (χ4v) is 4.54. The lowest BCUT2D eigenvalue weighted by molar-refractivity contribution is 0.0720. The molecule has 0 aliphatic rings. The molecular weight excluding hydrogens is 628 g/mol. The van der Waals surface area contributed by atoms with Crippen molar-refractivity contribution >= 4 is 35.7 Å². The van der Waals surface area contributed by atoms with Crippen LogP contribution in [0.4, 0.5) is 11.4 Å². The third-order valence-electron chi connectivity index (χ3n) is 7.47. The van der Waals surface area contributed by atoms with E-state index in [1.165, 1.54) is 24.3 Å². The Morgan fingerprint density at radius 1 is 0.480 bits per heavy atom. The molecule has 8 heteroatoms. The van der Waals surface area contributed by atoms with Gasteiger partial charge in [-0.25, -0.2) is 9.59 Å². The summed E-state index contributed by atoms with van der Waals surface area (Å²) in [5.74, 6) is 1.36. The molecule has 0 heterocycles. The molecule has 0 saturated carbocycles. The van der Waals surface area contributed by atoms with Crippen LogP contribution in [0.15, 0.2) is 131 Å². The number of esters is 2. The van der Waals surface area contributed by atoms with E-state index in [2.05, 4.69) is 23.8 Å². The minimum absolute atomic E-state index is 0.302. The molecule has 5 rings (SSSR count). The Morgan fingerprint density at radius 2 is 0.820 bits per heavy atom. The van der Waals surface area contributed by atoms with Crippen molar-refractivity contribution in [3.8, 4) is 23.0 Å². The number of carbonyl (C=O) groups is 2. The Hall–Kier alpha value is -6.02. The third-order valence-corrected chi connectivity index (χ3v) is 7.47. The van der Waals surface area contributed by atoms with E-state index < -0.39 is 11.9 Å². The molecule has 0 aromatic heterocycles. The van der Waals surface area contributed by atoms with Crippen LogP contribution in [-0.2, 0) is 0 Å². The largest absolute Gasteiger partial charge is 0.494 e. The highest BCUT2D eigenvalue weighted by Crippen LogP contribution is 2.21. The quantitative estimate of drug-likeness (QED) is 0.0449. The van der Waals surface area contributed by atoms with Crippen LogP contribution in [0.2, 0.25) is 0 Å². The Bertz CT molecular complexity index is 1720. The van der Waals surface area contributed by atoms with Gasteiger partial charge in [0.1, 0.15) is 23.0 Å². The molecule has 0 amide bonds. The smallest absolute Gasteiger partial charge is 0.343 e. The van der Waals surface area contributed by atoms with Crippen LogP contribution in [0.1, 0.15) is 71.4 Å². The van der Waals surface area contributed by atoms with E-state index >= 15 is 0 Å².